The molecule has 4 heteroatoms. The molecular formula is C17H17N3O. The molecule has 106 valence electrons. The van der Waals surface area contributed by atoms with E-state index < -0.39 is 0 Å². The first-order chi connectivity index (χ1) is 10.2. The lowest BCUT2D eigenvalue weighted by atomic mass is 9.94. The zero-order valence-corrected chi connectivity index (χ0v) is 12.1. The van der Waals surface area contributed by atoms with Gasteiger partial charge in [0.05, 0.1) is 16.9 Å². The third-order valence-corrected chi connectivity index (χ3v) is 4.31. The Bertz CT molecular complexity index is 773. The van der Waals surface area contributed by atoms with E-state index in [1.807, 2.05) is 31.2 Å². The molecule has 1 aromatic carbocycles. The van der Waals surface area contributed by atoms with Crippen molar-refractivity contribution in [2.45, 2.75) is 26.2 Å². The predicted octanol–water partition coefficient (Wildman–Crippen LogP) is 2.96. The van der Waals surface area contributed by atoms with E-state index in [0.29, 0.717) is 0 Å². The number of likely N-dealkylation sites (tertiary alicyclic amines) is 1. The lowest BCUT2D eigenvalue weighted by Gasteiger charge is -2.31. The summed E-state index contributed by atoms with van der Waals surface area (Å²) in [4.78, 5) is 24.0. The molecule has 0 N–H and O–H groups in total. The lowest BCUT2D eigenvalue weighted by molar-refractivity contribution is 0.0986. The number of aryl methyl sites for hydroxylation is 1. The standard InChI is InChI=1S/C17H17N3O/c1-11-18-13-7-5-6-12-16(13)14(19-11)10-15(17(12)21)20-8-3-2-4-9-20/h5-7,10H,2-4,8-9H2,1H3. The summed E-state index contributed by atoms with van der Waals surface area (Å²) < 4.78 is 0. The van der Waals surface area contributed by atoms with E-state index in [2.05, 4.69) is 14.9 Å². The maximum Gasteiger partial charge on any atom is 0.209 e. The van der Waals surface area contributed by atoms with Gasteiger partial charge in [0.1, 0.15) is 5.82 Å². The van der Waals surface area contributed by atoms with E-state index in [4.69, 9.17) is 0 Å². The Kier molecular flexibility index (Phi) is 2.77. The van der Waals surface area contributed by atoms with Crippen LogP contribution in [0.25, 0.3) is 17.0 Å². The van der Waals surface area contributed by atoms with Crippen molar-refractivity contribution in [1.82, 2.24) is 14.9 Å². The molecule has 0 bridgehead atoms. The number of carbonyl (C=O) groups excluding carboxylic acids is 1. The van der Waals surface area contributed by atoms with Crippen molar-refractivity contribution in [3.05, 3.63) is 41.0 Å². The minimum atomic E-state index is 0.113. The molecule has 0 spiro atoms. The third-order valence-electron chi connectivity index (χ3n) is 4.31. The first-order valence-electron chi connectivity index (χ1n) is 7.53. The fourth-order valence-electron chi connectivity index (χ4n) is 3.33. The molecule has 1 fully saturated rings. The summed E-state index contributed by atoms with van der Waals surface area (Å²) in [5, 5.41) is 0.897. The first kappa shape index (κ1) is 12.5. The second kappa shape index (κ2) is 4.65. The van der Waals surface area contributed by atoms with Gasteiger partial charge in [-0.25, -0.2) is 9.97 Å². The first-order valence-corrected chi connectivity index (χ1v) is 7.53. The minimum absolute atomic E-state index is 0.113. The molecule has 1 aliphatic carbocycles. The van der Waals surface area contributed by atoms with Crippen molar-refractivity contribution >= 4 is 22.8 Å². The van der Waals surface area contributed by atoms with Crippen LogP contribution in [0.4, 0.5) is 0 Å². The molecule has 21 heavy (non-hydrogen) atoms. The van der Waals surface area contributed by atoms with E-state index in [-0.39, 0.29) is 5.78 Å². The van der Waals surface area contributed by atoms with Gasteiger partial charge in [-0.05, 0) is 38.3 Å². The molecular weight excluding hydrogens is 262 g/mol. The van der Waals surface area contributed by atoms with Gasteiger partial charge in [0.2, 0.25) is 5.78 Å². The van der Waals surface area contributed by atoms with Crippen LogP contribution >= 0.6 is 0 Å². The Morgan fingerprint density at radius 1 is 1.10 bits per heavy atom. The quantitative estimate of drug-likeness (QED) is 0.805. The number of hydrogen-bond acceptors (Lipinski definition) is 4. The smallest absolute Gasteiger partial charge is 0.209 e. The molecule has 0 radical (unpaired) electrons. The molecule has 0 amide bonds. The van der Waals surface area contributed by atoms with E-state index >= 15 is 0 Å². The molecule has 1 aliphatic heterocycles. The van der Waals surface area contributed by atoms with Crippen LogP contribution in [0.3, 0.4) is 0 Å². The summed E-state index contributed by atoms with van der Waals surface area (Å²) in [5.41, 5.74) is 3.28. The number of piperidine rings is 1. The lowest BCUT2D eigenvalue weighted by Crippen LogP contribution is -2.33. The summed E-state index contributed by atoms with van der Waals surface area (Å²) in [6.45, 7) is 3.83. The van der Waals surface area contributed by atoms with Crippen LogP contribution in [-0.2, 0) is 0 Å². The van der Waals surface area contributed by atoms with Crippen molar-refractivity contribution < 1.29 is 4.79 Å². The van der Waals surface area contributed by atoms with Gasteiger partial charge in [0, 0.05) is 24.0 Å². The summed E-state index contributed by atoms with van der Waals surface area (Å²) in [5.74, 6) is 0.862. The largest absolute Gasteiger partial charge is 0.368 e. The number of hydrogen-bond donors (Lipinski definition) is 0. The van der Waals surface area contributed by atoms with Crippen molar-refractivity contribution in [1.29, 1.82) is 0 Å². The van der Waals surface area contributed by atoms with Crippen LogP contribution in [0.2, 0.25) is 0 Å². The maximum absolute atomic E-state index is 12.8. The van der Waals surface area contributed by atoms with Gasteiger partial charge >= 0.3 is 0 Å². The van der Waals surface area contributed by atoms with Crippen LogP contribution < -0.4 is 0 Å². The number of allylic oxidation sites excluding steroid dienone is 1. The topological polar surface area (TPSA) is 46.1 Å². The van der Waals surface area contributed by atoms with Gasteiger partial charge in [0.15, 0.2) is 0 Å². The molecule has 4 rings (SSSR count). The number of carbonyl (C=O) groups is 1. The maximum atomic E-state index is 12.8. The molecule has 0 saturated carbocycles. The van der Waals surface area contributed by atoms with Gasteiger partial charge in [-0.2, -0.15) is 0 Å². The summed E-state index contributed by atoms with van der Waals surface area (Å²) >= 11 is 0. The second-order valence-corrected chi connectivity index (χ2v) is 5.76. The molecule has 4 nitrogen and oxygen atoms in total. The average molecular weight is 279 g/mol. The molecule has 0 unspecified atom stereocenters. The Balaban J connectivity index is 1.92. The third kappa shape index (κ3) is 1.94. The van der Waals surface area contributed by atoms with E-state index in [1.165, 1.54) is 6.42 Å². The normalized spacial score (nSPS) is 18.0. The minimum Gasteiger partial charge on any atom is -0.368 e. The highest BCUT2D eigenvalue weighted by Crippen LogP contribution is 2.31. The molecule has 2 aliphatic rings. The Morgan fingerprint density at radius 2 is 1.90 bits per heavy atom. The molecule has 1 saturated heterocycles. The van der Waals surface area contributed by atoms with Gasteiger partial charge < -0.3 is 4.90 Å². The zero-order valence-electron chi connectivity index (χ0n) is 12.1. The summed E-state index contributed by atoms with van der Waals surface area (Å²) in [6, 6.07) is 5.75. The Labute approximate surface area is 123 Å². The number of rotatable bonds is 1. The van der Waals surface area contributed by atoms with Crippen molar-refractivity contribution in [3.63, 3.8) is 0 Å². The molecule has 1 aromatic heterocycles. The predicted molar refractivity (Wildman–Crippen MR) is 82.0 cm³/mol. The monoisotopic (exact) mass is 279 g/mol. The number of aromatic nitrogens is 2. The summed E-state index contributed by atoms with van der Waals surface area (Å²) in [7, 11) is 0. The molecule has 2 heterocycles. The number of ketones is 1. The van der Waals surface area contributed by atoms with Crippen molar-refractivity contribution in [2.75, 3.05) is 13.1 Å². The SMILES string of the molecule is Cc1nc2c3c(cccc3n1)C(=O)C(N1CCCCC1)=C2. The highest BCUT2D eigenvalue weighted by atomic mass is 16.1. The molecule has 2 aromatic rings. The van der Waals surface area contributed by atoms with Crippen LogP contribution in [0.1, 0.15) is 41.1 Å². The van der Waals surface area contributed by atoms with Crippen molar-refractivity contribution in [3.8, 4) is 0 Å². The highest BCUT2D eigenvalue weighted by Gasteiger charge is 2.27. The number of benzene rings is 1. The van der Waals surface area contributed by atoms with Gasteiger partial charge in [-0.1, -0.05) is 12.1 Å². The zero-order chi connectivity index (χ0) is 14.4. The van der Waals surface area contributed by atoms with Gasteiger partial charge in [0.25, 0.3) is 0 Å². The number of nitrogens with zero attached hydrogens (tertiary/aromatic N) is 3. The number of Topliss-reactive ketones (excluding diaryl/α,β-unsaturated/α-hetero) is 1. The van der Waals surface area contributed by atoms with Crippen molar-refractivity contribution in [2.24, 2.45) is 0 Å². The van der Waals surface area contributed by atoms with E-state index in [0.717, 1.165) is 59.6 Å². The second-order valence-electron chi connectivity index (χ2n) is 5.76. The van der Waals surface area contributed by atoms with Crippen LogP contribution in [0, 0.1) is 6.92 Å². The molecule has 0 atom stereocenters. The van der Waals surface area contributed by atoms with Gasteiger partial charge in [-0.3, -0.25) is 4.79 Å². The van der Waals surface area contributed by atoms with Crippen LogP contribution in [0.15, 0.2) is 23.9 Å². The van der Waals surface area contributed by atoms with Crippen LogP contribution in [0.5, 0.6) is 0 Å². The fourth-order valence-corrected chi connectivity index (χ4v) is 3.33. The highest BCUT2D eigenvalue weighted by molar-refractivity contribution is 6.21. The Hall–Kier alpha value is -2.23. The summed E-state index contributed by atoms with van der Waals surface area (Å²) in [6.07, 6.45) is 5.53. The van der Waals surface area contributed by atoms with E-state index in [1.54, 1.807) is 0 Å². The van der Waals surface area contributed by atoms with Crippen LogP contribution in [-0.4, -0.2) is 33.7 Å². The Morgan fingerprint density at radius 3 is 2.71 bits per heavy atom. The van der Waals surface area contributed by atoms with E-state index in [9.17, 15) is 4.79 Å². The fraction of sp³-hybridized carbons (Fsp3) is 0.353. The van der Waals surface area contributed by atoms with Gasteiger partial charge in [-0.15, -0.1) is 0 Å². The average Bonchev–Trinajstić information content (AvgIpc) is 2.51.